The Bertz CT molecular complexity index is 1090. The van der Waals surface area contributed by atoms with E-state index in [0.29, 0.717) is 0 Å². The van der Waals surface area contributed by atoms with Crippen molar-refractivity contribution in [3.63, 3.8) is 0 Å². The highest BCUT2D eigenvalue weighted by atomic mass is 16.5. The van der Waals surface area contributed by atoms with E-state index in [0.717, 1.165) is 76.1 Å². The van der Waals surface area contributed by atoms with E-state index in [2.05, 4.69) is 52.4 Å². The van der Waals surface area contributed by atoms with E-state index >= 15 is 0 Å². The maximum atomic E-state index is 12.0. The predicted octanol–water partition coefficient (Wildman–Crippen LogP) is 6.23. The number of aromatic nitrogens is 1. The lowest BCUT2D eigenvalue weighted by atomic mass is 9.71. The number of allylic oxidation sites excluding steroid dienone is 1. The first-order valence-corrected chi connectivity index (χ1v) is 13.1. The van der Waals surface area contributed by atoms with Gasteiger partial charge in [-0.15, -0.1) is 0 Å². The standard InChI is InChI=1S/C31H36N2O2/c34-31(28-9-4-5-10-28,27-7-2-1-3-8-27)29-17-22-33(23-18-29)21-6-24-35-30-13-11-25(12-14-30)26-15-19-32-20-16-26/h1-3,7-9,11-16,19-20,29,34H,4-6,10,17-18,21-24H2. The summed E-state index contributed by atoms with van der Waals surface area (Å²) in [5.41, 5.74) is 3.83. The van der Waals surface area contributed by atoms with Gasteiger partial charge in [0.05, 0.1) is 6.61 Å². The second kappa shape index (κ2) is 11.2. The molecule has 2 heterocycles. The molecule has 35 heavy (non-hydrogen) atoms. The fourth-order valence-corrected chi connectivity index (χ4v) is 5.73. The Kier molecular flexibility index (Phi) is 7.60. The van der Waals surface area contributed by atoms with Crippen LogP contribution in [-0.2, 0) is 5.60 Å². The van der Waals surface area contributed by atoms with Gasteiger partial charge in [0, 0.05) is 18.9 Å². The molecule has 1 saturated heterocycles. The quantitative estimate of drug-likeness (QED) is 0.299. The lowest BCUT2D eigenvalue weighted by Crippen LogP contribution is -2.44. The molecule has 3 aromatic rings. The van der Waals surface area contributed by atoms with Crippen LogP contribution in [0.2, 0.25) is 0 Å². The van der Waals surface area contributed by atoms with Gasteiger partial charge in [-0.05, 0) is 104 Å². The van der Waals surface area contributed by atoms with Crippen LogP contribution >= 0.6 is 0 Å². The summed E-state index contributed by atoms with van der Waals surface area (Å²) in [7, 11) is 0. The second-order valence-electron chi connectivity index (χ2n) is 9.83. The molecule has 0 radical (unpaired) electrons. The van der Waals surface area contributed by atoms with Crippen LogP contribution in [0, 0.1) is 5.92 Å². The van der Waals surface area contributed by atoms with Crippen molar-refractivity contribution in [3.8, 4) is 16.9 Å². The Morgan fingerprint density at radius 2 is 1.63 bits per heavy atom. The van der Waals surface area contributed by atoms with Gasteiger partial charge in [-0.3, -0.25) is 4.98 Å². The largest absolute Gasteiger partial charge is 0.494 e. The summed E-state index contributed by atoms with van der Waals surface area (Å²) in [6.07, 6.45) is 12.3. The average Bonchev–Trinajstić information content (AvgIpc) is 3.48. The van der Waals surface area contributed by atoms with Crippen LogP contribution < -0.4 is 4.74 Å². The van der Waals surface area contributed by atoms with E-state index in [-0.39, 0.29) is 5.92 Å². The smallest absolute Gasteiger partial charge is 0.119 e. The van der Waals surface area contributed by atoms with Crippen LogP contribution in [0.25, 0.3) is 11.1 Å². The molecule has 1 N–H and O–H groups in total. The number of rotatable bonds is 9. The number of pyridine rings is 1. The molecule has 1 fully saturated rings. The molecule has 5 rings (SSSR count). The highest BCUT2D eigenvalue weighted by molar-refractivity contribution is 5.63. The first kappa shape index (κ1) is 23.8. The van der Waals surface area contributed by atoms with Gasteiger partial charge in [-0.2, -0.15) is 0 Å². The monoisotopic (exact) mass is 468 g/mol. The molecule has 2 aliphatic rings. The minimum Gasteiger partial charge on any atom is -0.494 e. The minimum atomic E-state index is -0.810. The van der Waals surface area contributed by atoms with E-state index in [4.69, 9.17) is 4.74 Å². The summed E-state index contributed by atoms with van der Waals surface area (Å²) in [5.74, 6) is 1.19. The summed E-state index contributed by atoms with van der Waals surface area (Å²) in [6, 6.07) is 22.7. The molecule has 2 aromatic carbocycles. The van der Waals surface area contributed by atoms with Gasteiger partial charge in [0.2, 0.25) is 0 Å². The van der Waals surface area contributed by atoms with Crippen molar-refractivity contribution >= 4 is 0 Å². The molecule has 0 spiro atoms. The van der Waals surface area contributed by atoms with E-state index in [1.54, 1.807) is 0 Å². The Hall–Kier alpha value is -2.95. The van der Waals surface area contributed by atoms with E-state index in [9.17, 15) is 5.11 Å². The number of aliphatic hydroxyl groups is 1. The molecule has 1 atom stereocenters. The topological polar surface area (TPSA) is 45.6 Å². The molecule has 1 aliphatic carbocycles. The molecule has 0 bridgehead atoms. The number of nitrogens with zero attached hydrogens (tertiary/aromatic N) is 2. The van der Waals surface area contributed by atoms with Gasteiger partial charge >= 0.3 is 0 Å². The predicted molar refractivity (Wildman–Crippen MR) is 141 cm³/mol. The maximum Gasteiger partial charge on any atom is 0.119 e. The number of hydrogen-bond donors (Lipinski definition) is 1. The zero-order valence-electron chi connectivity index (χ0n) is 20.5. The van der Waals surface area contributed by atoms with Gasteiger partial charge in [-0.1, -0.05) is 48.5 Å². The molecule has 1 aliphatic heterocycles. The number of hydrogen-bond acceptors (Lipinski definition) is 4. The molecule has 182 valence electrons. The first-order valence-electron chi connectivity index (χ1n) is 13.1. The molecule has 1 unspecified atom stereocenters. The van der Waals surface area contributed by atoms with Crippen molar-refractivity contribution in [3.05, 3.63) is 96.3 Å². The molecular formula is C31H36N2O2. The molecule has 1 aromatic heterocycles. The fraction of sp³-hybridized carbons (Fsp3) is 0.387. The van der Waals surface area contributed by atoms with Gasteiger partial charge in [0.25, 0.3) is 0 Å². The van der Waals surface area contributed by atoms with Gasteiger partial charge in [-0.25, -0.2) is 0 Å². The summed E-state index contributed by atoms with van der Waals surface area (Å²) >= 11 is 0. The van der Waals surface area contributed by atoms with Crippen LogP contribution in [0.5, 0.6) is 5.75 Å². The van der Waals surface area contributed by atoms with Crippen molar-refractivity contribution in [1.29, 1.82) is 0 Å². The zero-order chi connectivity index (χ0) is 23.9. The number of ether oxygens (including phenoxy) is 1. The third-order valence-electron chi connectivity index (χ3n) is 7.68. The number of piperidine rings is 1. The zero-order valence-corrected chi connectivity index (χ0v) is 20.5. The van der Waals surface area contributed by atoms with Crippen LogP contribution in [0.15, 0.2) is 90.8 Å². The Balaban J connectivity index is 1.10. The van der Waals surface area contributed by atoms with E-state index < -0.39 is 5.60 Å². The third-order valence-corrected chi connectivity index (χ3v) is 7.68. The van der Waals surface area contributed by atoms with Crippen molar-refractivity contribution in [2.24, 2.45) is 5.92 Å². The lowest BCUT2D eigenvalue weighted by molar-refractivity contribution is -0.0196. The SMILES string of the molecule is OC(C1=CCCC1)(c1ccccc1)C1CCN(CCCOc2ccc(-c3ccncc3)cc2)CC1. The van der Waals surface area contributed by atoms with Crippen LogP contribution in [-0.4, -0.2) is 41.2 Å². The second-order valence-corrected chi connectivity index (χ2v) is 9.83. The van der Waals surface area contributed by atoms with E-state index in [1.165, 1.54) is 16.7 Å². The minimum absolute atomic E-state index is 0.278. The lowest BCUT2D eigenvalue weighted by Gasteiger charge is -2.43. The van der Waals surface area contributed by atoms with Crippen molar-refractivity contribution < 1.29 is 9.84 Å². The Labute approximate surface area is 209 Å². The van der Waals surface area contributed by atoms with Crippen molar-refractivity contribution in [1.82, 2.24) is 9.88 Å². The van der Waals surface area contributed by atoms with Crippen LogP contribution in [0.4, 0.5) is 0 Å². The first-order chi connectivity index (χ1) is 17.2. The maximum absolute atomic E-state index is 12.0. The Morgan fingerprint density at radius 3 is 2.31 bits per heavy atom. The molecule has 0 saturated carbocycles. The van der Waals surface area contributed by atoms with Crippen molar-refractivity contribution in [2.75, 3.05) is 26.2 Å². The summed E-state index contributed by atoms with van der Waals surface area (Å²) in [4.78, 5) is 6.61. The third kappa shape index (κ3) is 5.50. The van der Waals surface area contributed by atoms with Crippen molar-refractivity contribution in [2.45, 2.75) is 44.1 Å². The summed E-state index contributed by atoms with van der Waals surface area (Å²) < 4.78 is 6.00. The van der Waals surface area contributed by atoms with Gasteiger partial charge in [0.1, 0.15) is 11.4 Å². The normalized spacial score (nSPS) is 18.7. The summed E-state index contributed by atoms with van der Waals surface area (Å²) in [5, 5.41) is 12.0. The highest BCUT2D eigenvalue weighted by Crippen LogP contribution is 2.45. The molecule has 0 amide bonds. The van der Waals surface area contributed by atoms with Gasteiger partial charge in [0.15, 0.2) is 0 Å². The highest BCUT2D eigenvalue weighted by Gasteiger charge is 2.43. The average molecular weight is 469 g/mol. The molecule has 4 nitrogen and oxygen atoms in total. The van der Waals surface area contributed by atoms with Crippen LogP contribution in [0.3, 0.4) is 0 Å². The Morgan fingerprint density at radius 1 is 0.914 bits per heavy atom. The molecule has 4 heteroatoms. The summed E-state index contributed by atoms with van der Waals surface area (Å²) in [6.45, 7) is 3.82. The number of likely N-dealkylation sites (tertiary alicyclic amines) is 1. The van der Waals surface area contributed by atoms with E-state index in [1.807, 2.05) is 42.7 Å². The fourth-order valence-electron chi connectivity index (χ4n) is 5.73. The van der Waals surface area contributed by atoms with Crippen LogP contribution in [0.1, 0.15) is 44.1 Å². The molecular weight excluding hydrogens is 432 g/mol. The van der Waals surface area contributed by atoms with Gasteiger partial charge < -0.3 is 14.7 Å². The number of benzene rings is 2.